The van der Waals surface area contributed by atoms with Crippen LogP contribution in [-0.4, -0.2) is 33.9 Å². The van der Waals surface area contributed by atoms with E-state index in [-0.39, 0.29) is 12.2 Å². The molecule has 0 saturated heterocycles. The van der Waals surface area contributed by atoms with E-state index in [0.29, 0.717) is 15.8 Å². The number of carbonyl (C=O) groups is 1. The smallest absolute Gasteiger partial charge is 0.306 e. The van der Waals surface area contributed by atoms with Crippen LogP contribution in [0.5, 0.6) is 5.75 Å². The molecule has 0 spiro atoms. The van der Waals surface area contributed by atoms with Crippen LogP contribution in [0.15, 0.2) is 22.7 Å². The molecule has 1 aromatic rings. The third kappa shape index (κ3) is 4.49. The molecule has 0 aliphatic rings. The largest absolute Gasteiger partial charge is 0.496 e. The van der Waals surface area contributed by atoms with Crippen molar-refractivity contribution in [2.75, 3.05) is 14.2 Å². The van der Waals surface area contributed by atoms with Gasteiger partial charge in [-0.15, -0.1) is 0 Å². The van der Waals surface area contributed by atoms with Crippen molar-refractivity contribution in [1.82, 2.24) is 0 Å². The van der Waals surface area contributed by atoms with Crippen molar-refractivity contribution in [2.24, 2.45) is 0 Å². The van der Waals surface area contributed by atoms with Gasteiger partial charge in [0.15, 0.2) is 9.84 Å². The molecule has 1 atom stereocenters. The highest BCUT2D eigenvalue weighted by Crippen LogP contribution is 2.27. The predicted molar refractivity (Wildman–Crippen MR) is 79.4 cm³/mol. The van der Waals surface area contributed by atoms with Crippen LogP contribution in [0, 0.1) is 0 Å². The molecule has 20 heavy (non-hydrogen) atoms. The number of sulfone groups is 1. The maximum absolute atomic E-state index is 12.2. The second-order valence-electron chi connectivity index (χ2n) is 4.37. The Morgan fingerprint density at radius 1 is 1.35 bits per heavy atom. The van der Waals surface area contributed by atoms with Crippen LogP contribution in [-0.2, 0) is 25.1 Å². The fraction of sp³-hybridized carbons (Fsp3) is 0.462. The third-order valence-corrected chi connectivity index (χ3v) is 5.63. The lowest BCUT2D eigenvalue weighted by Crippen LogP contribution is -2.23. The first-order valence-electron chi connectivity index (χ1n) is 5.91. The lowest BCUT2D eigenvalue weighted by molar-refractivity contribution is -0.140. The minimum Gasteiger partial charge on any atom is -0.496 e. The summed E-state index contributed by atoms with van der Waals surface area (Å²) in [4.78, 5) is 11.1. The minimum atomic E-state index is -3.42. The molecule has 0 amide bonds. The van der Waals surface area contributed by atoms with Crippen molar-refractivity contribution in [3.63, 3.8) is 0 Å². The Morgan fingerprint density at radius 3 is 2.50 bits per heavy atom. The van der Waals surface area contributed by atoms with Gasteiger partial charge in [0.1, 0.15) is 5.75 Å². The number of hydrogen-bond acceptors (Lipinski definition) is 5. The number of rotatable bonds is 6. The van der Waals surface area contributed by atoms with Gasteiger partial charge in [0, 0.05) is 0 Å². The van der Waals surface area contributed by atoms with Crippen molar-refractivity contribution >= 4 is 31.7 Å². The zero-order chi connectivity index (χ0) is 15.3. The summed E-state index contributed by atoms with van der Waals surface area (Å²) >= 11 is 3.31. The van der Waals surface area contributed by atoms with Gasteiger partial charge in [-0.3, -0.25) is 4.79 Å². The second-order valence-corrected chi connectivity index (χ2v) is 7.64. The molecule has 7 heteroatoms. The molecule has 0 aromatic heterocycles. The number of ether oxygens (including phenoxy) is 2. The zero-order valence-corrected chi connectivity index (χ0v) is 14.0. The van der Waals surface area contributed by atoms with E-state index >= 15 is 0 Å². The van der Waals surface area contributed by atoms with Crippen LogP contribution in [0.4, 0.5) is 0 Å². The monoisotopic (exact) mass is 364 g/mol. The molecule has 5 nitrogen and oxygen atoms in total. The van der Waals surface area contributed by atoms with E-state index < -0.39 is 21.1 Å². The molecule has 1 rings (SSSR count). The maximum atomic E-state index is 12.2. The SMILES string of the molecule is COC(=O)CC(C)S(=O)(=O)Cc1ccc(OC)c(Br)c1. The van der Waals surface area contributed by atoms with E-state index in [1.54, 1.807) is 18.2 Å². The van der Waals surface area contributed by atoms with Crippen molar-refractivity contribution in [1.29, 1.82) is 0 Å². The fourth-order valence-corrected chi connectivity index (χ4v) is 3.53. The summed E-state index contributed by atoms with van der Waals surface area (Å²) in [6.45, 7) is 1.50. The highest BCUT2D eigenvalue weighted by Gasteiger charge is 2.24. The summed E-state index contributed by atoms with van der Waals surface area (Å²) in [5.41, 5.74) is 0.634. The highest BCUT2D eigenvalue weighted by molar-refractivity contribution is 9.10. The molecule has 0 radical (unpaired) electrons. The van der Waals surface area contributed by atoms with E-state index in [1.807, 2.05) is 0 Å². The van der Waals surface area contributed by atoms with Crippen molar-refractivity contribution in [2.45, 2.75) is 24.3 Å². The molecule has 1 aromatic carbocycles. The highest BCUT2D eigenvalue weighted by atomic mass is 79.9. The summed E-state index contributed by atoms with van der Waals surface area (Å²) < 4.78 is 34.6. The molecule has 1 unspecified atom stereocenters. The lowest BCUT2D eigenvalue weighted by Gasteiger charge is -2.12. The summed E-state index contributed by atoms with van der Waals surface area (Å²) in [7, 11) is -0.642. The Morgan fingerprint density at radius 2 is 2.00 bits per heavy atom. The zero-order valence-electron chi connectivity index (χ0n) is 11.6. The molecule has 0 aliphatic heterocycles. The first-order chi connectivity index (χ1) is 9.30. The van der Waals surface area contributed by atoms with Gasteiger partial charge >= 0.3 is 5.97 Å². The van der Waals surface area contributed by atoms with Gasteiger partial charge in [0.05, 0.1) is 36.1 Å². The molecular formula is C13H17BrO5S. The molecule has 0 heterocycles. The average molecular weight is 365 g/mol. The molecule has 112 valence electrons. The van der Waals surface area contributed by atoms with Gasteiger partial charge in [-0.05, 0) is 40.5 Å². The van der Waals surface area contributed by atoms with Gasteiger partial charge in [-0.25, -0.2) is 8.42 Å². The summed E-state index contributed by atoms with van der Waals surface area (Å²) in [6.07, 6.45) is -0.143. The lowest BCUT2D eigenvalue weighted by atomic mass is 10.2. The molecule has 0 fully saturated rings. The number of carbonyl (C=O) groups excluding carboxylic acids is 1. The van der Waals surface area contributed by atoms with Gasteiger partial charge in [-0.1, -0.05) is 6.07 Å². The Labute approximate surface area is 127 Å². The predicted octanol–water partition coefficient (Wildman–Crippen LogP) is 2.32. The van der Waals surface area contributed by atoms with Gasteiger partial charge in [0.2, 0.25) is 0 Å². The van der Waals surface area contributed by atoms with E-state index in [4.69, 9.17) is 4.74 Å². The number of halogens is 1. The van der Waals surface area contributed by atoms with Crippen LogP contribution >= 0.6 is 15.9 Å². The topological polar surface area (TPSA) is 69.7 Å². The molecular weight excluding hydrogens is 348 g/mol. The number of methoxy groups -OCH3 is 2. The van der Waals surface area contributed by atoms with E-state index in [9.17, 15) is 13.2 Å². The van der Waals surface area contributed by atoms with Crippen molar-refractivity contribution < 1.29 is 22.7 Å². The van der Waals surface area contributed by atoms with Gasteiger partial charge in [-0.2, -0.15) is 0 Å². The van der Waals surface area contributed by atoms with Crippen LogP contribution in [0.3, 0.4) is 0 Å². The number of esters is 1. The first-order valence-corrected chi connectivity index (χ1v) is 8.41. The minimum absolute atomic E-state index is 0.131. The van der Waals surface area contributed by atoms with Gasteiger partial charge in [0.25, 0.3) is 0 Å². The molecule has 0 N–H and O–H groups in total. The Bertz CT molecular complexity index is 582. The van der Waals surface area contributed by atoms with Gasteiger partial charge < -0.3 is 9.47 Å². The standard InChI is InChI=1S/C13H17BrO5S/c1-9(6-13(15)19-3)20(16,17)8-10-4-5-12(18-2)11(14)7-10/h4-5,7,9H,6,8H2,1-3H3. The fourth-order valence-electron chi connectivity index (χ4n) is 1.62. The van der Waals surface area contributed by atoms with Crippen LogP contribution in [0.1, 0.15) is 18.9 Å². The van der Waals surface area contributed by atoms with Crippen molar-refractivity contribution in [3.05, 3.63) is 28.2 Å². The summed E-state index contributed by atoms with van der Waals surface area (Å²) in [5, 5.41) is -0.782. The third-order valence-electron chi connectivity index (χ3n) is 2.88. The van der Waals surface area contributed by atoms with E-state index in [2.05, 4.69) is 20.7 Å². The van der Waals surface area contributed by atoms with Crippen LogP contribution < -0.4 is 4.74 Å². The maximum Gasteiger partial charge on any atom is 0.306 e. The average Bonchev–Trinajstić information content (AvgIpc) is 2.38. The molecule has 0 bridgehead atoms. The first kappa shape index (κ1) is 17.0. The number of benzene rings is 1. The Balaban J connectivity index is 2.85. The Hall–Kier alpha value is -1.08. The van der Waals surface area contributed by atoms with E-state index in [1.165, 1.54) is 21.1 Å². The second kappa shape index (κ2) is 7.08. The van der Waals surface area contributed by atoms with Crippen LogP contribution in [0.2, 0.25) is 0 Å². The van der Waals surface area contributed by atoms with Crippen LogP contribution in [0.25, 0.3) is 0 Å². The normalized spacial score (nSPS) is 12.8. The Kier molecular flexibility index (Phi) is 6.01. The summed E-state index contributed by atoms with van der Waals surface area (Å²) in [5.74, 6) is -0.0287. The summed E-state index contributed by atoms with van der Waals surface area (Å²) in [6, 6.07) is 5.08. The van der Waals surface area contributed by atoms with Crippen molar-refractivity contribution in [3.8, 4) is 5.75 Å². The number of hydrogen-bond donors (Lipinski definition) is 0. The van der Waals surface area contributed by atoms with E-state index in [0.717, 1.165) is 0 Å². The molecule has 0 aliphatic carbocycles. The molecule has 0 saturated carbocycles. The quantitative estimate of drug-likeness (QED) is 0.724.